The van der Waals surface area contributed by atoms with Crippen LogP contribution in [-0.4, -0.2) is 65.7 Å². The van der Waals surface area contributed by atoms with Crippen molar-refractivity contribution < 1.29 is 9.53 Å². The second-order valence-corrected chi connectivity index (χ2v) is 7.59. The molecule has 3 heterocycles. The van der Waals surface area contributed by atoms with E-state index < -0.39 is 5.54 Å². The summed E-state index contributed by atoms with van der Waals surface area (Å²) < 4.78 is 5.43. The van der Waals surface area contributed by atoms with Gasteiger partial charge in [0.25, 0.3) is 0 Å². The zero-order chi connectivity index (χ0) is 18.0. The van der Waals surface area contributed by atoms with Crippen molar-refractivity contribution in [2.24, 2.45) is 5.73 Å². The SMILES string of the molecule is Cc1nc(C2CCN(C(=O)C(C)(C)N)CC2)cc(N2CCOCC2)n1. The van der Waals surface area contributed by atoms with Crippen LogP contribution in [0.3, 0.4) is 0 Å². The molecule has 7 heteroatoms. The minimum absolute atomic E-state index is 0.0267. The maximum absolute atomic E-state index is 12.3. The maximum Gasteiger partial charge on any atom is 0.242 e. The van der Waals surface area contributed by atoms with Gasteiger partial charge in [-0.1, -0.05) is 0 Å². The van der Waals surface area contributed by atoms with Gasteiger partial charge in [0.05, 0.1) is 18.8 Å². The molecule has 3 rings (SSSR count). The van der Waals surface area contributed by atoms with Gasteiger partial charge in [-0.15, -0.1) is 0 Å². The molecule has 0 aliphatic carbocycles. The average molecular weight is 347 g/mol. The van der Waals surface area contributed by atoms with Crippen molar-refractivity contribution in [3.8, 4) is 0 Å². The van der Waals surface area contributed by atoms with Crippen molar-refractivity contribution in [3.05, 3.63) is 17.6 Å². The normalized spacial score (nSPS) is 20.0. The smallest absolute Gasteiger partial charge is 0.242 e. The van der Waals surface area contributed by atoms with Crippen molar-refractivity contribution >= 4 is 11.7 Å². The fourth-order valence-corrected chi connectivity index (χ4v) is 3.52. The van der Waals surface area contributed by atoms with Gasteiger partial charge < -0.3 is 20.3 Å². The van der Waals surface area contributed by atoms with Gasteiger partial charge in [0.2, 0.25) is 5.91 Å². The van der Waals surface area contributed by atoms with Gasteiger partial charge in [-0.2, -0.15) is 0 Å². The molecule has 1 aromatic heterocycles. The van der Waals surface area contributed by atoms with Gasteiger partial charge in [0, 0.05) is 43.9 Å². The summed E-state index contributed by atoms with van der Waals surface area (Å²) in [7, 11) is 0. The van der Waals surface area contributed by atoms with Crippen molar-refractivity contribution in [2.75, 3.05) is 44.3 Å². The Bertz CT molecular complexity index is 614. The van der Waals surface area contributed by atoms with Crippen LogP contribution < -0.4 is 10.6 Å². The molecule has 0 bridgehead atoms. The lowest BCUT2D eigenvalue weighted by atomic mass is 9.92. The van der Waals surface area contributed by atoms with E-state index >= 15 is 0 Å². The fourth-order valence-electron chi connectivity index (χ4n) is 3.52. The number of aryl methyl sites for hydroxylation is 1. The number of hydrogen-bond acceptors (Lipinski definition) is 6. The number of hydrogen-bond donors (Lipinski definition) is 1. The standard InChI is InChI=1S/C18H29N5O2/c1-13-20-15(12-16(21-13)22-8-10-25-11-9-22)14-4-6-23(7-5-14)17(24)18(2,3)19/h12,14H,4-11,19H2,1-3H3. The second-order valence-electron chi connectivity index (χ2n) is 7.59. The monoisotopic (exact) mass is 347 g/mol. The van der Waals surface area contributed by atoms with Crippen molar-refractivity contribution in [1.29, 1.82) is 0 Å². The third kappa shape index (κ3) is 4.27. The highest BCUT2D eigenvalue weighted by molar-refractivity contribution is 5.85. The molecule has 1 aromatic rings. The van der Waals surface area contributed by atoms with Gasteiger partial charge in [-0.3, -0.25) is 4.79 Å². The summed E-state index contributed by atoms with van der Waals surface area (Å²) in [5, 5.41) is 0. The minimum atomic E-state index is -0.804. The van der Waals surface area contributed by atoms with Crippen LogP contribution in [0, 0.1) is 6.92 Å². The molecule has 2 aliphatic rings. The van der Waals surface area contributed by atoms with E-state index in [1.165, 1.54) is 0 Å². The van der Waals surface area contributed by atoms with E-state index in [1.807, 2.05) is 11.8 Å². The third-order valence-corrected chi connectivity index (χ3v) is 4.93. The van der Waals surface area contributed by atoms with E-state index in [-0.39, 0.29) is 5.91 Å². The van der Waals surface area contributed by atoms with Crippen molar-refractivity contribution in [3.63, 3.8) is 0 Å². The van der Waals surface area contributed by atoms with Crippen LogP contribution in [0.2, 0.25) is 0 Å². The Labute approximate surface area is 149 Å². The number of nitrogens with zero attached hydrogens (tertiary/aromatic N) is 4. The molecule has 0 atom stereocenters. The molecule has 2 aliphatic heterocycles. The van der Waals surface area contributed by atoms with Crippen molar-refractivity contribution in [2.45, 2.75) is 45.1 Å². The molecule has 7 nitrogen and oxygen atoms in total. The Hall–Kier alpha value is -1.73. The fraction of sp³-hybridized carbons (Fsp3) is 0.722. The number of likely N-dealkylation sites (tertiary alicyclic amines) is 1. The molecule has 2 fully saturated rings. The van der Waals surface area contributed by atoms with E-state index in [9.17, 15) is 4.79 Å². The Morgan fingerprint density at radius 1 is 1.20 bits per heavy atom. The van der Waals surface area contributed by atoms with Crippen LogP contribution in [0.1, 0.15) is 44.1 Å². The largest absolute Gasteiger partial charge is 0.378 e. The topological polar surface area (TPSA) is 84.6 Å². The molecule has 2 N–H and O–H groups in total. The summed E-state index contributed by atoms with van der Waals surface area (Å²) in [5.74, 6) is 2.19. The number of anilines is 1. The first kappa shape index (κ1) is 18.1. The molecular weight excluding hydrogens is 318 g/mol. The Balaban J connectivity index is 1.69. The third-order valence-electron chi connectivity index (χ3n) is 4.93. The molecular formula is C18H29N5O2. The summed E-state index contributed by atoms with van der Waals surface area (Å²) in [6.45, 7) is 10.2. The van der Waals surface area contributed by atoms with Gasteiger partial charge in [-0.25, -0.2) is 9.97 Å². The maximum atomic E-state index is 12.3. The molecule has 138 valence electrons. The number of carbonyl (C=O) groups is 1. The van der Waals surface area contributed by atoms with Crippen molar-refractivity contribution in [1.82, 2.24) is 14.9 Å². The number of morpholine rings is 1. The van der Waals surface area contributed by atoms with Crippen LogP contribution in [0.5, 0.6) is 0 Å². The zero-order valence-electron chi connectivity index (χ0n) is 15.5. The van der Waals surface area contributed by atoms with E-state index in [2.05, 4.69) is 20.9 Å². The van der Waals surface area contributed by atoms with Crippen LogP contribution in [0.15, 0.2) is 6.07 Å². The average Bonchev–Trinajstić information content (AvgIpc) is 2.61. The van der Waals surface area contributed by atoms with E-state index in [4.69, 9.17) is 10.5 Å². The first-order valence-electron chi connectivity index (χ1n) is 9.11. The van der Waals surface area contributed by atoms with Crippen LogP contribution in [0.4, 0.5) is 5.82 Å². The van der Waals surface area contributed by atoms with Gasteiger partial charge in [0.15, 0.2) is 0 Å². The molecule has 0 radical (unpaired) electrons. The molecule has 1 amide bonds. The van der Waals surface area contributed by atoms with E-state index in [0.29, 0.717) is 5.92 Å². The first-order valence-corrected chi connectivity index (χ1v) is 9.11. The summed E-state index contributed by atoms with van der Waals surface area (Å²) >= 11 is 0. The second kappa shape index (κ2) is 7.25. The van der Waals surface area contributed by atoms with E-state index in [0.717, 1.165) is 69.6 Å². The molecule has 0 unspecified atom stereocenters. The van der Waals surface area contributed by atoms with Gasteiger partial charge in [-0.05, 0) is 33.6 Å². The lowest BCUT2D eigenvalue weighted by molar-refractivity contribution is -0.136. The zero-order valence-corrected chi connectivity index (χ0v) is 15.5. The highest BCUT2D eigenvalue weighted by Gasteiger charge is 2.31. The number of rotatable bonds is 3. The summed E-state index contributed by atoms with van der Waals surface area (Å²) in [4.78, 5) is 25.8. The Kier molecular flexibility index (Phi) is 5.24. The summed E-state index contributed by atoms with van der Waals surface area (Å²) in [6, 6.07) is 2.12. The Morgan fingerprint density at radius 2 is 1.84 bits per heavy atom. The van der Waals surface area contributed by atoms with Crippen LogP contribution >= 0.6 is 0 Å². The summed E-state index contributed by atoms with van der Waals surface area (Å²) in [6.07, 6.45) is 1.83. The number of carbonyl (C=O) groups excluding carboxylic acids is 1. The van der Waals surface area contributed by atoms with Crippen LogP contribution in [0.25, 0.3) is 0 Å². The number of amides is 1. The van der Waals surface area contributed by atoms with Gasteiger partial charge in [0.1, 0.15) is 11.6 Å². The van der Waals surface area contributed by atoms with Crippen LogP contribution in [-0.2, 0) is 9.53 Å². The number of ether oxygens (including phenoxy) is 1. The molecule has 2 saturated heterocycles. The molecule has 0 saturated carbocycles. The predicted octanol–water partition coefficient (Wildman–Crippen LogP) is 1.06. The first-order chi connectivity index (χ1) is 11.8. The lowest BCUT2D eigenvalue weighted by Crippen LogP contribution is -2.53. The quantitative estimate of drug-likeness (QED) is 0.880. The lowest BCUT2D eigenvalue weighted by Gasteiger charge is -2.35. The summed E-state index contributed by atoms with van der Waals surface area (Å²) in [5.41, 5.74) is 6.24. The minimum Gasteiger partial charge on any atom is -0.378 e. The molecule has 0 spiro atoms. The molecule has 0 aromatic carbocycles. The molecule has 25 heavy (non-hydrogen) atoms. The van der Waals surface area contributed by atoms with Gasteiger partial charge >= 0.3 is 0 Å². The Morgan fingerprint density at radius 3 is 2.44 bits per heavy atom. The highest BCUT2D eigenvalue weighted by atomic mass is 16.5. The number of aromatic nitrogens is 2. The van der Waals surface area contributed by atoms with E-state index in [1.54, 1.807) is 13.8 Å². The number of nitrogens with two attached hydrogens (primary N) is 1. The number of piperidine rings is 1. The predicted molar refractivity (Wildman–Crippen MR) is 96.6 cm³/mol. The highest BCUT2D eigenvalue weighted by Crippen LogP contribution is 2.29.